The number of amides is 1. The van der Waals surface area contributed by atoms with Crippen molar-refractivity contribution in [3.63, 3.8) is 0 Å². The van der Waals surface area contributed by atoms with Crippen LogP contribution in [-0.4, -0.2) is 48.2 Å². The van der Waals surface area contributed by atoms with Gasteiger partial charge in [-0.25, -0.2) is 0 Å². The van der Waals surface area contributed by atoms with E-state index in [0.29, 0.717) is 13.0 Å². The molecule has 110 valence electrons. The number of oxime groups is 1. The molecule has 0 spiro atoms. The molecular formula is C13H25N3O3. The van der Waals surface area contributed by atoms with E-state index in [1.54, 1.807) is 18.9 Å². The Kier molecular flexibility index (Phi) is 5.60. The van der Waals surface area contributed by atoms with E-state index in [-0.39, 0.29) is 17.8 Å². The van der Waals surface area contributed by atoms with Crippen molar-refractivity contribution in [1.82, 2.24) is 4.90 Å². The molecular weight excluding hydrogens is 246 g/mol. The largest absolute Gasteiger partial charge is 0.409 e. The fraction of sp³-hybridized carbons (Fsp3) is 0.846. The van der Waals surface area contributed by atoms with E-state index in [4.69, 9.17) is 15.7 Å². The second kappa shape index (κ2) is 6.75. The van der Waals surface area contributed by atoms with Gasteiger partial charge in [-0.05, 0) is 32.6 Å². The number of hydrogen-bond donors (Lipinski definition) is 2. The van der Waals surface area contributed by atoms with E-state index in [0.717, 1.165) is 25.9 Å². The fourth-order valence-corrected chi connectivity index (χ4v) is 2.31. The lowest BCUT2D eigenvalue weighted by Crippen LogP contribution is -2.50. The zero-order valence-electron chi connectivity index (χ0n) is 12.1. The highest BCUT2D eigenvalue weighted by molar-refractivity contribution is 6.06. The van der Waals surface area contributed by atoms with Crippen LogP contribution >= 0.6 is 0 Å². The summed E-state index contributed by atoms with van der Waals surface area (Å²) in [5.74, 6) is -0.184. The molecule has 1 heterocycles. The number of likely N-dealkylation sites (N-methyl/N-ethyl adjacent to an activating group) is 1. The van der Waals surface area contributed by atoms with Crippen molar-refractivity contribution in [3.05, 3.63) is 0 Å². The van der Waals surface area contributed by atoms with Crippen molar-refractivity contribution < 1.29 is 14.7 Å². The van der Waals surface area contributed by atoms with Crippen LogP contribution in [0, 0.1) is 5.41 Å². The Balaban J connectivity index is 2.68. The molecule has 3 N–H and O–H groups in total. The van der Waals surface area contributed by atoms with Gasteiger partial charge >= 0.3 is 0 Å². The van der Waals surface area contributed by atoms with Crippen LogP contribution in [0.15, 0.2) is 5.16 Å². The maximum atomic E-state index is 12.5. The Bertz CT molecular complexity index is 340. The van der Waals surface area contributed by atoms with Crippen LogP contribution in [0.25, 0.3) is 0 Å². The molecule has 6 heteroatoms. The van der Waals surface area contributed by atoms with Crippen LogP contribution in [0.2, 0.25) is 0 Å². The van der Waals surface area contributed by atoms with Crippen molar-refractivity contribution >= 4 is 11.7 Å². The van der Waals surface area contributed by atoms with Gasteiger partial charge in [0.2, 0.25) is 5.91 Å². The van der Waals surface area contributed by atoms with Gasteiger partial charge in [0.25, 0.3) is 0 Å². The minimum atomic E-state index is -0.960. The fourth-order valence-electron chi connectivity index (χ4n) is 2.31. The second-order valence-electron chi connectivity index (χ2n) is 5.35. The zero-order chi connectivity index (χ0) is 14.5. The maximum Gasteiger partial charge on any atom is 0.236 e. The summed E-state index contributed by atoms with van der Waals surface area (Å²) in [6.45, 7) is 4.86. The average Bonchev–Trinajstić information content (AvgIpc) is 2.45. The third-order valence-electron chi connectivity index (χ3n) is 3.95. The summed E-state index contributed by atoms with van der Waals surface area (Å²) >= 11 is 0. The molecule has 6 nitrogen and oxygen atoms in total. The van der Waals surface area contributed by atoms with E-state index in [1.165, 1.54) is 0 Å². The van der Waals surface area contributed by atoms with E-state index >= 15 is 0 Å². The normalized spacial score (nSPS) is 23.7. The van der Waals surface area contributed by atoms with Gasteiger partial charge in [0.1, 0.15) is 5.41 Å². The predicted molar refractivity (Wildman–Crippen MR) is 73.0 cm³/mol. The molecule has 0 aromatic rings. The molecule has 19 heavy (non-hydrogen) atoms. The molecule has 0 saturated carbocycles. The molecule has 0 aliphatic carbocycles. The summed E-state index contributed by atoms with van der Waals surface area (Å²) in [7, 11) is 1.73. The van der Waals surface area contributed by atoms with Crippen LogP contribution in [0.5, 0.6) is 0 Å². The number of carbonyl (C=O) groups excluding carboxylic acids is 1. The highest BCUT2D eigenvalue weighted by Crippen LogP contribution is 2.25. The Morgan fingerprint density at radius 2 is 2.26 bits per heavy atom. The number of hydrogen-bond acceptors (Lipinski definition) is 4. The van der Waals surface area contributed by atoms with Gasteiger partial charge in [0, 0.05) is 20.2 Å². The minimum absolute atomic E-state index is 0.0450. The first-order chi connectivity index (χ1) is 8.95. The molecule has 0 radical (unpaired) electrons. The van der Waals surface area contributed by atoms with Crippen molar-refractivity contribution in [3.8, 4) is 0 Å². The summed E-state index contributed by atoms with van der Waals surface area (Å²) in [4.78, 5) is 14.1. The molecule has 1 saturated heterocycles. The number of nitrogens with zero attached hydrogens (tertiary/aromatic N) is 2. The lowest BCUT2D eigenvalue weighted by molar-refractivity contribution is -0.139. The topological polar surface area (TPSA) is 88.2 Å². The number of carbonyl (C=O) groups is 1. The van der Waals surface area contributed by atoms with Crippen LogP contribution in [0.3, 0.4) is 0 Å². The molecule has 1 aliphatic heterocycles. The first-order valence-corrected chi connectivity index (χ1v) is 6.80. The minimum Gasteiger partial charge on any atom is -0.409 e. The van der Waals surface area contributed by atoms with Gasteiger partial charge in [0.15, 0.2) is 5.84 Å². The lowest BCUT2D eigenvalue weighted by atomic mass is 9.84. The van der Waals surface area contributed by atoms with Crippen LogP contribution in [0.1, 0.15) is 39.5 Å². The van der Waals surface area contributed by atoms with Gasteiger partial charge in [-0.2, -0.15) is 0 Å². The van der Waals surface area contributed by atoms with E-state index in [1.807, 2.05) is 6.92 Å². The molecule has 0 aromatic carbocycles. The standard InChI is InChI=1S/C13H25N3O3/c1-4-13(2,11(14)15-18)12(17)16(3)9-10-7-5-6-8-19-10/h10,18H,4-9H2,1-3H3,(H2,14,15). The van der Waals surface area contributed by atoms with Crippen molar-refractivity contribution in [2.75, 3.05) is 20.2 Å². The van der Waals surface area contributed by atoms with Crippen LogP contribution in [0.4, 0.5) is 0 Å². The molecule has 1 aliphatic rings. The predicted octanol–water partition coefficient (Wildman–Crippen LogP) is 1.18. The number of nitrogens with two attached hydrogens (primary N) is 1. The first kappa shape index (κ1) is 15.8. The smallest absolute Gasteiger partial charge is 0.236 e. The van der Waals surface area contributed by atoms with Crippen molar-refractivity contribution in [2.24, 2.45) is 16.3 Å². The van der Waals surface area contributed by atoms with Gasteiger partial charge in [-0.1, -0.05) is 12.1 Å². The lowest BCUT2D eigenvalue weighted by Gasteiger charge is -2.33. The monoisotopic (exact) mass is 271 g/mol. The zero-order valence-corrected chi connectivity index (χ0v) is 12.1. The summed E-state index contributed by atoms with van der Waals surface area (Å²) in [5.41, 5.74) is 4.69. The highest BCUT2D eigenvalue weighted by atomic mass is 16.5. The highest BCUT2D eigenvalue weighted by Gasteiger charge is 2.39. The average molecular weight is 271 g/mol. The molecule has 1 rings (SSSR count). The molecule has 1 amide bonds. The van der Waals surface area contributed by atoms with Gasteiger partial charge in [-0.3, -0.25) is 4.79 Å². The molecule has 2 unspecified atom stereocenters. The third-order valence-corrected chi connectivity index (χ3v) is 3.95. The quantitative estimate of drug-likeness (QED) is 0.340. The molecule has 0 bridgehead atoms. The van der Waals surface area contributed by atoms with E-state index < -0.39 is 5.41 Å². The van der Waals surface area contributed by atoms with E-state index in [2.05, 4.69) is 5.16 Å². The Morgan fingerprint density at radius 3 is 2.74 bits per heavy atom. The van der Waals surface area contributed by atoms with E-state index in [9.17, 15) is 4.79 Å². The second-order valence-corrected chi connectivity index (χ2v) is 5.35. The van der Waals surface area contributed by atoms with Crippen molar-refractivity contribution in [2.45, 2.75) is 45.6 Å². The maximum absolute atomic E-state index is 12.5. The van der Waals surface area contributed by atoms with Crippen LogP contribution in [-0.2, 0) is 9.53 Å². The van der Waals surface area contributed by atoms with Gasteiger partial charge in [-0.15, -0.1) is 0 Å². The molecule has 0 aromatic heterocycles. The number of rotatable bonds is 5. The summed E-state index contributed by atoms with van der Waals surface area (Å²) in [5, 5.41) is 11.8. The van der Waals surface area contributed by atoms with Crippen molar-refractivity contribution in [1.29, 1.82) is 0 Å². The third kappa shape index (κ3) is 3.59. The Morgan fingerprint density at radius 1 is 1.58 bits per heavy atom. The van der Waals surface area contributed by atoms with Crippen LogP contribution < -0.4 is 5.73 Å². The summed E-state index contributed by atoms with van der Waals surface area (Å²) in [6, 6.07) is 0. The number of ether oxygens (including phenoxy) is 1. The summed E-state index contributed by atoms with van der Waals surface area (Å²) < 4.78 is 5.63. The van der Waals surface area contributed by atoms with Gasteiger partial charge < -0.3 is 20.6 Å². The molecule has 1 fully saturated rings. The SMILES string of the molecule is CCC(C)(C(=O)N(C)CC1CCCCO1)C(N)=NO. The van der Waals surface area contributed by atoms with Gasteiger partial charge in [0.05, 0.1) is 6.10 Å². The Hall–Kier alpha value is -1.30. The first-order valence-electron chi connectivity index (χ1n) is 6.80. The molecule has 2 atom stereocenters. The number of amidine groups is 1. The summed E-state index contributed by atoms with van der Waals surface area (Å²) in [6.07, 6.45) is 3.78. The Labute approximate surface area is 114 Å².